The van der Waals surface area contributed by atoms with Gasteiger partial charge in [0.2, 0.25) is 0 Å². The molecule has 1 heterocycles. The summed E-state index contributed by atoms with van der Waals surface area (Å²) in [4.78, 5) is 15.3. The molecule has 1 aliphatic rings. The van der Waals surface area contributed by atoms with Crippen molar-refractivity contribution in [1.29, 1.82) is 0 Å². The van der Waals surface area contributed by atoms with Crippen molar-refractivity contribution in [2.45, 2.75) is 19.0 Å². The van der Waals surface area contributed by atoms with Gasteiger partial charge in [0.05, 0.1) is 12.1 Å². The lowest BCUT2D eigenvalue weighted by Gasteiger charge is -2.41. The van der Waals surface area contributed by atoms with Crippen LogP contribution in [-0.4, -0.2) is 11.0 Å². The third-order valence-electron chi connectivity index (χ3n) is 6.68. The molecule has 6 rings (SSSR count). The van der Waals surface area contributed by atoms with Gasteiger partial charge in [-0.3, -0.25) is 4.90 Å². The highest BCUT2D eigenvalue weighted by Gasteiger charge is 2.39. The first-order valence-electron chi connectivity index (χ1n) is 11.3. The van der Waals surface area contributed by atoms with Gasteiger partial charge < -0.3 is 4.74 Å². The van der Waals surface area contributed by atoms with E-state index < -0.39 is 0 Å². The molecule has 160 valence electrons. The Morgan fingerprint density at radius 1 is 0.727 bits per heavy atom. The minimum Gasteiger partial charge on any atom is -0.410 e. The van der Waals surface area contributed by atoms with E-state index >= 15 is 0 Å². The summed E-state index contributed by atoms with van der Waals surface area (Å²) < 4.78 is 5.92. The normalized spacial score (nSPS) is 16.5. The smallest absolute Gasteiger partial charge is 0.410 e. The zero-order chi connectivity index (χ0) is 22.4. The van der Waals surface area contributed by atoms with Crippen molar-refractivity contribution in [2.75, 3.05) is 0 Å². The van der Waals surface area contributed by atoms with Crippen LogP contribution in [0.5, 0.6) is 5.75 Å². The van der Waals surface area contributed by atoms with E-state index in [9.17, 15) is 4.79 Å². The first-order valence-corrected chi connectivity index (χ1v) is 11.3. The first kappa shape index (κ1) is 19.6. The van der Waals surface area contributed by atoms with Crippen LogP contribution in [0.25, 0.3) is 21.5 Å². The van der Waals surface area contributed by atoms with Crippen LogP contribution in [0.15, 0.2) is 109 Å². The fourth-order valence-corrected chi connectivity index (χ4v) is 5.01. The Kier molecular flexibility index (Phi) is 4.62. The third-order valence-corrected chi connectivity index (χ3v) is 6.68. The predicted molar refractivity (Wildman–Crippen MR) is 132 cm³/mol. The number of hydrogen-bond donors (Lipinski definition) is 0. The standard InChI is InChI=1S/C30H23NO2/c1-20(24-16-15-21-9-5-6-13-25(21)19-24)31-29(23-11-3-2-4-12-23)28-26-14-8-7-10-22(26)17-18-27(28)33-30(31)32/h2-20,29H,1H3/t20-,29?/m0/s1. The van der Waals surface area contributed by atoms with Crippen molar-refractivity contribution >= 4 is 27.6 Å². The summed E-state index contributed by atoms with van der Waals surface area (Å²) in [7, 11) is 0. The molecule has 0 saturated carbocycles. The Morgan fingerprint density at radius 3 is 2.21 bits per heavy atom. The number of benzene rings is 5. The molecule has 0 aliphatic carbocycles. The summed E-state index contributed by atoms with van der Waals surface area (Å²) in [5, 5.41) is 4.58. The molecule has 0 bridgehead atoms. The minimum absolute atomic E-state index is 0.181. The zero-order valence-electron chi connectivity index (χ0n) is 18.3. The second-order valence-electron chi connectivity index (χ2n) is 8.57. The maximum absolute atomic E-state index is 13.5. The molecule has 0 aromatic heterocycles. The van der Waals surface area contributed by atoms with Gasteiger partial charge in [0, 0.05) is 5.56 Å². The number of hydrogen-bond acceptors (Lipinski definition) is 2. The Hall–Kier alpha value is -4.11. The number of fused-ring (bicyclic) bond motifs is 4. The van der Waals surface area contributed by atoms with Crippen molar-refractivity contribution < 1.29 is 9.53 Å². The summed E-state index contributed by atoms with van der Waals surface area (Å²) >= 11 is 0. The van der Waals surface area contributed by atoms with Crippen LogP contribution in [0.3, 0.4) is 0 Å². The van der Waals surface area contributed by atoms with E-state index in [4.69, 9.17) is 4.74 Å². The lowest BCUT2D eigenvalue weighted by Crippen LogP contribution is -2.43. The van der Waals surface area contributed by atoms with Crippen LogP contribution in [-0.2, 0) is 0 Å². The molecule has 5 aromatic rings. The predicted octanol–water partition coefficient (Wildman–Crippen LogP) is 7.66. The van der Waals surface area contributed by atoms with Crippen LogP contribution in [0, 0.1) is 0 Å². The molecular formula is C30H23NO2. The zero-order valence-corrected chi connectivity index (χ0v) is 18.3. The van der Waals surface area contributed by atoms with Gasteiger partial charge in [-0.2, -0.15) is 0 Å². The quantitative estimate of drug-likeness (QED) is 0.295. The van der Waals surface area contributed by atoms with Gasteiger partial charge in [-0.25, -0.2) is 4.79 Å². The molecule has 1 unspecified atom stereocenters. The fourth-order valence-electron chi connectivity index (χ4n) is 5.01. The molecule has 1 amide bonds. The monoisotopic (exact) mass is 429 g/mol. The highest BCUT2D eigenvalue weighted by atomic mass is 16.6. The van der Waals surface area contributed by atoms with Gasteiger partial charge in [0.1, 0.15) is 5.75 Å². The van der Waals surface area contributed by atoms with Gasteiger partial charge in [0.15, 0.2) is 0 Å². The molecule has 3 nitrogen and oxygen atoms in total. The van der Waals surface area contributed by atoms with Gasteiger partial charge in [-0.05, 0) is 51.7 Å². The molecule has 0 fully saturated rings. The number of nitrogens with zero attached hydrogens (tertiary/aromatic N) is 1. The van der Waals surface area contributed by atoms with Crippen molar-refractivity contribution in [3.63, 3.8) is 0 Å². The van der Waals surface area contributed by atoms with E-state index in [1.165, 1.54) is 5.39 Å². The summed E-state index contributed by atoms with van der Waals surface area (Å²) in [6.45, 7) is 2.08. The van der Waals surface area contributed by atoms with Crippen molar-refractivity contribution in [3.8, 4) is 5.75 Å². The Bertz CT molecular complexity index is 1490. The molecule has 0 N–H and O–H groups in total. The highest BCUT2D eigenvalue weighted by Crippen LogP contribution is 2.46. The van der Waals surface area contributed by atoms with Gasteiger partial charge in [0.25, 0.3) is 0 Å². The average molecular weight is 430 g/mol. The maximum atomic E-state index is 13.5. The van der Waals surface area contributed by atoms with E-state index in [1.54, 1.807) is 0 Å². The molecule has 3 heteroatoms. The largest absolute Gasteiger partial charge is 0.416 e. The number of carbonyl (C=O) groups is 1. The number of carbonyl (C=O) groups excluding carboxylic acids is 1. The SMILES string of the molecule is C[C@@H](c1ccc2ccccc2c1)N1C(=O)Oc2ccc3ccccc3c2C1c1ccccc1. The highest BCUT2D eigenvalue weighted by molar-refractivity contribution is 5.92. The third kappa shape index (κ3) is 3.25. The number of rotatable bonds is 3. The minimum atomic E-state index is -0.327. The van der Waals surface area contributed by atoms with Crippen molar-refractivity contribution in [2.24, 2.45) is 0 Å². The Balaban J connectivity index is 1.56. The number of ether oxygens (including phenoxy) is 1. The van der Waals surface area contributed by atoms with E-state index in [0.717, 1.165) is 32.8 Å². The van der Waals surface area contributed by atoms with Crippen LogP contribution in [0.1, 0.15) is 35.7 Å². The maximum Gasteiger partial charge on any atom is 0.416 e. The molecule has 2 atom stereocenters. The Labute approximate surface area is 192 Å². The lowest BCUT2D eigenvalue weighted by atomic mass is 9.89. The summed E-state index contributed by atoms with van der Waals surface area (Å²) in [5.74, 6) is 0.634. The molecule has 1 aliphatic heterocycles. The second kappa shape index (κ2) is 7.79. The van der Waals surface area contributed by atoms with Crippen LogP contribution < -0.4 is 4.74 Å². The fraction of sp³-hybridized carbons (Fsp3) is 0.100. The molecule has 33 heavy (non-hydrogen) atoms. The number of amides is 1. The van der Waals surface area contributed by atoms with E-state index in [-0.39, 0.29) is 18.2 Å². The average Bonchev–Trinajstić information content (AvgIpc) is 2.87. The molecule has 5 aromatic carbocycles. The molecular weight excluding hydrogens is 406 g/mol. The molecule has 0 saturated heterocycles. The van der Waals surface area contributed by atoms with E-state index in [2.05, 4.69) is 61.5 Å². The van der Waals surface area contributed by atoms with Crippen molar-refractivity contribution in [3.05, 3.63) is 126 Å². The van der Waals surface area contributed by atoms with E-state index in [1.807, 2.05) is 59.5 Å². The second-order valence-corrected chi connectivity index (χ2v) is 8.57. The van der Waals surface area contributed by atoms with Gasteiger partial charge in [-0.15, -0.1) is 0 Å². The molecule has 0 spiro atoms. The topological polar surface area (TPSA) is 29.5 Å². The lowest BCUT2D eigenvalue weighted by molar-refractivity contribution is 0.106. The van der Waals surface area contributed by atoms with Crippen molar-refractivity contribution in [1.82, 2.24) is 4.90 Å². The summed E-state index contributed by atoms with van der Waals surface area (Å²) in [6.07, 6.45) is -0.327. The van der Waals surface area contributed by atoms with Crippen LogP contribution in [0.4, 0.5) is 4.79 Å². The van der Waals surface area contributed by atoms with Crippen LogP contribution >= 0.6 is 0 Å². The van der Waals surface area contributed by atoms with E-state index in [0.29, 0.717) is 5.75 Å². The van der Waals surface area contributed by atoms with Gasteiger partial charge >= 0.3 is 6.09 Å². The molecule has 0 radical (unpaired) electrons. The first-order chi connectivity index (χ1) is 16.2. The van der Waals surface area contributed by atoms with Crippen LogP contribution in [0.2, 0.25) is 0 Å². The Morgan fingerprint density at radius 2 is 1.39 bits per heavy atom. The van der Waals surface area contributed by atoms with Gasteiger partial charge in [-0.1, -0.05) is 97.1 Å². The summed E-state index contributed by atoms with van der Waals surface area (Å²) in [6, 6.07) is 36.7. The summed E-state index contributed by atoms with van der Waals surface area (Å²) in [5.41, 5.74) is 3.18.